The molecule has 0 radical (unpaired) electrons. The van der Waals surface area contributed by atoms with Gasteiger partial charge in [-0.3, -0.25) is 4.98 Å². The number of likely N-dealkylation sites (tertiary alicyclic amines) is 1. The standard InChI is InChI=1S/C19H22F3N5O2/c1-12(2)29-18(28)27-9-6-13(7-10-27)24-16-11-15(19(20,21)22)25-17(26-16)14-5-3-4-8-23-14/h3-5,8,11-13H,6-7,9-10H2,1-2H3,(H,24,25,26). The molecule has 1 aliphatic rings. The van der Waals surface area contributed by atoms with Gasteiger partial charge < -0.3 is 15.0 Å². The lowest BCUT2D eigenvalue weighted by atomic mass is 10.1. The molecule has 0 spiro atoms. The summed E-state index contributed by atoms with van der Waals surface area (Å²) in [6, 6.07) is 5.65. The highest BCUT2D eigenvalue weighted by atomic mass is 19.4. The highest BCUT2D eigenvalue weighted by Crippen LogP contribution is 2.31. The van der Waals surface area contributed by atoms with E-state index in [1.807, 2.05) is 0 Å². The molecule has 156 valence electrons. The average molecular weight is 409 g/mol. The zero-order valence-corrected chi connectivity index (χ0v) is 16.1. The first-order valence-corrected chi connectivity index (χ1v) is 9.32. The van der Waals surface area contributed by atoms with Crippen molar-refractivity contribution < 1.29 is 22.7 Å². The highest BCUT2D eigenvalue weighted by molar-refractivity contribution is 5.68. The van der Waals surface area contributed by atoms with Crippen LogP contribution in [0.5, 0.6) is 0 Å². The number of piperidine rings is 1. The van der Waals surface area contributed by atoms with Crippen molar-refractivity contribution in [3.63, 3.8) is 0 Å². The maximum atomic E-state index is 13.3. The summed E-state index contributed by atoms with van der Waals surface area (Å²) in [6.07, 6.45) is -2.58. The molecular weight excluding hydrogens is 387 g/mol. The van der Waals surface area contributed by atoms with Gasteiger partial charge in [-0.2, -0.15) is 13.2 Å². The zero-order chi connectivity index (χ0) is 21.0. The lowest BCUT2D eigenvalue weighted by Gasteiger charge is -2.32. The van der Waals surface area contributed by atoms with Gasteiger partial charge in [0.1, 0.15) is 11.5 Å². The second-order valence-electron chi connectivity index (χ2n) is 7.01. The van der Waals surface area contributed by atoms with Crippen LogP contribution in [0.2, 0.25) is 0 Å². The SMILES string of the molecule is CC(C)OC(=O)N1CCC(Nc2cc(C(F)(F)F)nc(-c3ccccn3)n2)CC1. The van der Waals surface area contributed by atoms with Crippen molar-refractivity contribution in [1.29, 1.82) is 0 Å². The molecule has 2 aromatic heterocycles. The van der Waals surface area contributed by atoms with Crippen molar-refractivity contribution in [2.45, 2.75) is 45.0 Å². The van der Waals surface area contributed by atoms with E-state index < -0.39 is 11.9 Å². The first-order valence-electron chi connectivity index (χ1n) is 9.32. The van der Waals surface area contributed by atoms with E-state index in [1.165, 1.54) is 6.20 Å². The number of pyridine rings is 1. The fourth-order valence-electron chi connectivity index (χ4n) is 2.97. The van der Waals surface area contributed by atoms with E-state index in [2.05, 4.69) is 20.3 Å². The van der Waals surface area contributed by atoms with Crippen LogP contribution in [0.25, 0.3) is 11.5 Å². The number of anilines is 1. The Morgan fingerprint density at radius 3 is 2.55 bits per heavy atom. The summed E-state index contributed by atoms with van der Waals surface area (Å²) >= 11 is 0. The summed E-state index contributed by atoms with van der Waals surface area (Å²) in [5.74, 6) is -0.0166. The second kappa shape index (κ2) is 8.62. The molecule has 1 saturated heterocycles. The molecule has 10 heteroatoms. The van der Waals surface area contributed by atoms with Gasteiger partial charge in [-0.15, -0.1) is 0 Å². The Balaban J connectivity index is 1.73. The van der Waals surface area contributed by atoms with Gasteiger partial charge in [0.25, 0.3) is 0 Å². The number of hydrogen-bond donors (Lipinski definition) is 1. The van der Waals surface area contributed by atoms with Crippen LogP contribution in [0, 0.1) is 0 Å². The molecule has 1 fully saturated rings. The van der Waals surface area contributed by atoms with E-state index >= 15 is 0 Å². The van der Waals surface area contributed by atoms with Crippen LogP contribution in [-0.2, 0) is 10.9 Å². The van der Waals surface area contributed by atoms with E-state index in [0.29, 0.717) is 25.9 Å². The Labute approximate surface area is 166 Å². The van der Waals surface area contributed by atoms with Crippen molar-refractivity contribution in [1.82, 2.24) is 19.9 Å². The minimum absolute atomic E-state index is 0.0798. The Hall–Kier alpha value is -2.91. The van der Waals surface area contributed by atoms with E-state index in [0.717, 1.165) is 6.07 Å². The predicted molar refractivity (Wildman–Crippen MR) is 100 cm³/mol. The van der Waals surface area contributed by atoms with Crippen LogP contribution >= 0.6 is 0 Å². The number of alkyl halides is 3. The Morgan fingerprint density at radius 2 is 1.97 bits per heavy atom. The van der Waals surface area contributed by atoms with Gasteiger partial charge in [-0.1, -0.05) is 6.07 Å². The summed E-state index contributed by atoms with van der Waals surface area (Å²) < 4.78 is 45.0. The number of nitrogens with one attached hydrogen (secondary N) is 1. The lowest BCUT2D eigenvalue weighted by molar-refractivity contribution is -0.141. The maximum absolute atomic E-state index is 13.3. The lowest BCUT2D eigenvalue weighted by Crippen LogP contribution is -2.43. The number of ether oxygens (including phenoxy) is 1. The van der Waals surface area contributed by atoms with Crippen molar-refractivity contribution in [2.24, 2.45) is 0 Å². The first-order chi connectivity index (χ1) is 13.7. The number of aromatic nitrogens is 3. The molecule has 1 aliphatic heterocycles. The molecule has 0 bridgehead atoms. The summed E-state index contributed by atoms with van der Waals surface area (Å²) in [5, 5.41) is 3.05. The smallest absolute Gasteiger partial charge is 0.433 e. The normalized spacial score (nSPS) is 15.4. The summed E-state index contributed by atoms with van der Waals surface area (Å²) in [7, 11) is 0. The third-order valence-electron chi connectivity index (χ3n) is 4.35. The first kappa shape index (κ1) is 20.8. The summed E-state index contributed by atoms with van der Waals surface area (Å²) in [4.78, 5) is 25.4. The van der Waals surface area contributed by atoms with E-state index in [-0.39, 0.29) is 35.6 Å². The second-order valence-corrected chi connectivity index (χ2v) is 7.01. The van der Waals surface area contributed by atoms with Crippen molar-refractivity contribution in [3.8, 4) is 11.5 Å². The number of rotatable bonds is 4. The molecule has 29 heavy (non-hydrogen) atoms. The van der Waals surface area contributed by atoms with Crippen LogP contribution in [0.15, 0.2) is 30.5 Å². The maximum Gasteiger partial charge on any atom is 0.433 e. The summed E-state index contributed by atoms with van der Waals surface area (Å²) in [6.45, 7) is 4.46. The van der Waals surface area contributed by atoms with Crippen LogP contribution in [-0.4, -0.2) is 51.2 Å². The fourth-order valence-corrected chi connectivity index (χ4v) is 2.97. The average Bonchev–Trinajstić information content (AvgIpc) is 2.68. The van der Waals surface area contributed by atoms with Crippen LogP contribution < -0.4 is 5.32 Å². The monoisotopic (exact) mass is 409 g/mol. The molecule has 2 aromatic rings. The number of carbonyl (C=O) groups excluding carboxylic acids is 1. The van der Waals surface area contributed by atoms with E-state index in [1.54, 1.807) is 36.9 Å². The van der Waals surface area contributed by atoms with Gasteiger partial charge in [0, 0.05) is 31.4 Å². The zero-order valence-electron chi connectivity index (χ0n) is 16.1. The predicted octanol–water partition coefficient (Wildman–Crippen LogP) is 3.98. The quantitative estimate of drug-likeness (QED) is 0.823. The molecule has 0 aromatic carbocycles. The minimum Gasteiger partial charge on any atom is -0.447 e. The number of hydrogen-bond acceptors (Lipinski definition) is 6. The molecule has 1 amide bonds. The van der Waals surface area contributed by atoms with Gasteiger partial charge in [-0.25, -0.2) is 14.8 Å². The van der Waals surface area contributed by atoms with Crippen LogP contribution in [0.1, 0.15) is 32.4 Å². The van der Waals surface area contributed by atoms with Gasteiger partial charge >= 0.3 is 12.3 Å². The van der Waals surface area contributed by atoms with Gasteiger partial charge in [-0.05, 0) is 38.8 Å². The van der Waals surface area contributed by atoms with E-state index in [4.69, 9.17) is 4.74 Å². The highest BCUT2D eigenvalue weighted by Gasteiger charge is 2.34. The van der Waals surface area contributed by atoms with Crippen molar-refractivity contribution in [2.75, 3.05) is 18.4 Å². The Kier molecular flexibility index (Phi) is 6.19. The van der Waals surface area contributed by atoms with Crippen molar-refractivity contribution >= 4 is 11.9 Å². The summed E-state index contributed by atoms with van der Waals surface area (Å²) in [5.41, 5.74) is -0.776. The fraction of sp³-hybridized carbons (Fsp3) is 0.474. The molecule has 0 unspecified atom stereocenters. The Morgan fingerprint density at radius 1 is 1.24 bits per heavy atom. The van der Waals surface area contributed by atoms with Gasteiger partial charge in [0.15, 0.2) is 11.5 Å². The van der Waals surface area contributed by atoms with Crippen molar-refractivity contribution in [3.05, 3.63) is 36.2 Å². The van der Waals surface area contributed by atoms with Gasteiger partial charge in [0.2, 0.25) is 0 Å². The minimum atomic E-state index is -4.60. The number of amides is 1. The number of halogens is 3. The van der Waals surface area contributed by atoms with E-state index in [9.17, 15) is 18.0 Å². The topological polar surface area (TPSA) is 80.2 Å². The van der Waals surface area contributed by atoms with Crippen LogP contribution in [0.4, 0.5) is 23.8 Å². The largest absolute Gasteiger partial charge is 0.447 e. The Bertz CT molecular complexity index is 837. The van der Waals surface area contributed by atoms with Gasteiger partial charge in [0.05, 0.1) is 6.10 Å². The third-order valence-corrected chi connectivity index (χ3v) is 4.35. The molecule has 1 N–H and O–H groups in total. The molecule has 0 saturated carbocycles. The molecular formula is C19H22F3N5O2. The van der Waals surface area contributed by atoms with Crippen LogP contribution in [0.3, 0.4) is 0 Å². The molecule has 3 rings (SSSR count). The molecule has 3 heterocycles. The molecule has 0 atom stereocenters. The molecule has 0 aliphatic carbocycles. The molecule has 7 nitrogen and oxygen atoms in total. The third kappa shape index (κ3) is 5.55. The number of nitrogens with zero attached hydrogens (tertiary/aromatic N) is 4. The number of carbonyl (C=O) groups is 1.